The molecule has 3 aliphatic rings. The second kappa shape index (κ2) is 8.24. The second-order valence-electron chi connectivity index (χ2n) is 9.52. The zero-order chi connectivity index (χ0) is 23.2. The number of carbonyl (C=O) groups excluding carboxylic acids is 2. The lowest BCUT2D eigenvalue weighted by molar-refractivity contribution is -0.130. The molecule has 0 spiro atoms. The van der Waals surface area contributed by atoms with E-state index in [0.717, 1.165) is 35.4 Å². The Morgan fingerprint density at radius 2 is 2.00 bits per heavy atom. The van der Waals surface area contributed by atoms with Crippen LogP contribution in [-0.4, -0.2) is 47.7 Å². The third-order valence-electron chi connectivity index (χ3n) is 7.25. The number of hydrogen-bond donors (Lipinski definition) is 3. The van der Waals surface area contributed by atoms with Crippen LogP contribution in [0.15, 0.2) is 29.4 Å². The number of ether oxygens (including phenoxy) is 1. The third kappa shape index (κ3) is 3.77. The number of nitrogens with one attached hydrogen (secondary N) is 2. The van der Waals surface area contributed by atoms with E-state index in [1.165, 1.54) is 12.8 Å². The van der Waals surface area contributed by atoms with Crippen molar-refractivity contribution in [2.24, 2.45) is 22.6 Å². The van der Waals surface area contributed by atoms with Gasteiger partial charge in [-0.05, 0) is 56.6 Å². The van der Waals surface area contributed by atoms with Crippen molar-refractivity contribution < 1.29 is 14.3 Å². The summed E-state index contributed by atoms with van der Waals surface area (Å²) in [6, 6.07) is 6.25. The second-order valence-corrected chi connectivity index (χ2v) is 9.52. The number of aryl methyl sites for hydroxylation is 1. The fourth-order valence-corrected chi connectivity index (χ4v) is 5.24. The molecule has 1 saturated heterocycles. The van der Waals surface area contributed by atoms with Gasteiger partial charge in [-0.3, -0.25) is 14.6 Å². The van der Waals surface area contributed by atoms with Crippen molar-refractivity contribution in [2.75, 3.05) is 25.0 Å². The number of nitrogens with zero attached hydrogens (tertiary/aromatic N) is 2. The van der Waals surface area contributed by atoms with E-state index >= 15 is 0 Å². The number of fused-ring (bicyclic) bond motifs is 1. The summed E-state index contributed by atoms with van der Waals surface area (Å²) in [5.41, 5.74) is 8.89. The van der Waals surface area contributed by atoms with Crippen molar-refractivity contribution in [3.05, 3.63) is 46.8 Å². The predicted molar refractivity (Wildman–Crippen MR) is 127 cm³/mol. The summed E-state index contributed by atoms with van der Waals surface area (Å²) in [5.74, 6) is 1.14. The molecular formula is C25H31N5O3. The van der Waals surface area contributed by atoms with Gasteiger partial charge in [0.1, 0.15) is 11.3 Å². The van der Waals surface area contributed by atoms with Crippen LogP contribution >= 0.6 is 0 Å². The molecule has 2 aliphatic heterocycles. The molecule has 174 valence electrons. The minimum absolute atomic E-state index is 0.0944. The Bertz CT molecular complexity index is 1110. The zero-order valence-corrected chi connectivity index (χ0v) is 19.2. The molecule has 1 aromatic heterocycles. The molecule has 0 radical (unpaired) electrons. The first-order chi connectivity index (χ1) is 15.9. The van der Waals surface area contributed by atoms with Crippen LogP contribution in [-0.2, 0) is 10.3 Å². The summed E-state index contributed by atoms with van der Waals surface area (Å²) in [4.78, 5) is 34.4. The molecule has 2 aromatic rings. The number of aromatic nitrogens is 1. The molecule has 33 heavy (non-hydrogen) atoms. The van der Waals surface area contributed by atoms with Crippen LogP contribution in [0.4, 0.5) is 5.69 Å². The fraction of sp³-hybridized carbons (Fsp3) is 0.480. The van der Waals surface area contributed by atoms with Gasteiger partial charge in [-0.25, -0.2) is 0 Å². The summed E-state index contributed by atoms with van der Waals surface area (Å²) in [6.07, 6.45) is 7.33. The van der Waals surface area contributed by atoms with Crippen LogP contribution in [0.25, 0.3) is 0 Å². The quantitative estimate of drug-likeness (QED) is 0.629. The molecule has 2 amide bonds. The fourth-order valence-electron chi connectivity index (χ4n) is 5.24. The molecule has 1 atom stereocenters. The maximum absolute atomic E-state index is 12.1. The Kier molecular flexibility index (Phi) is 5.38. The lowest BCUT2D eigenvalue weighted by Crippen LogP contribution is -2.46. The van der Waals surface area contributed by atoms with E-state index in [4.69, 9.17) is 15.5 Å². The van der Waals surface area contributed by atoms with Gasteiger partial charge in [0.05, 0.1) is 29.9 Å². The summed E-state index contributed by atoms with van der Waals surface area (Å²) in [7, 11) is 0. The van der Waals surface area contributed by atoms with Crippen molar-refractivity contribution in [1.82, 2.24) is 9.88 Å². The maximum Gasteiger partial charge on any atom is 0.252 e. The zero-order valence-electron chi connectivity index (χ0n) is 19.2. The molecule has 1 aromatic carbocycles. The summed E-state index contributed by atoms with van der Waals surface area (Å²) in [5, 5.41) is 3.15. The predicted octanol–water partition coefficient (Wildman–Crippen LogP) is 3.17. The number of aliphatic imine (C=N–C) groups is 1. The number of rotatable bonds is 6. The average molecular weight is 450 g/mol. The number of hydrogen-bond acceptors (Lipinski definition) is 5. The number of aromatic amines is 1. The molecule has 3 heterocycles. The maximum atomic E-state index is 12.1. The van der Waals surface area contributed by atoms with E-state index in [-0.39, 0.29) is 11.8 Å². The van der Waals surface area contributed by atoms with Crippen LogP contribution in [0.2, 0.25) is 0 Å². The van der Waals surface area contributed by atoms with Gasteiger partial charge in [-0.15, -0.1) is 0 Å². The normalized spacial score (nSPS) is 22.5. The number of piperidine rings is 1. The molecular weight excluding hydrogens is 418 g/mol. The van der Waals surface area contributed by atoms with Crippen LogP contribution in [0.1, 0.15) is 59.8 Å². The van der Waals surface area contributed by atoms with Crippen molar-refractivity contribution in [3.63, 3.8) is 0 Å². The summed E-state index contributed by atoms with van der Waals surface area (Å²) in [6.45, 7) is 5.73. The number of amides is 2. The van der Waals surface area contributed by atoms with Crippen molar-refractivity contribution in [2.45, 2.75) is 45.1 Å². The van der Waals surface area contributed by atoms with Crippen LogP contribution < -0.4 is 15.8 Å². The van der Waals surface area contributed by atoms with Crippen molar-refractivity contribution in [1.29, 1.82) is 0 Å². The number of carbonyl (C=O) groups is 2. The number of benzene rings is 1. The molecule has 8 nitrogen and oxygen atoms in total. The highest BCUT2D eigenvalue weighted by atomic mass is 16.5. The Balaban J connectivity index is 1.65. The summed E-state index contributed by atoms with van der Waals surface area (Å²) < 4.78 is 6.35. The van der Waals surface area contributed by atoms with Gasteiger partial charge in [0.25, 0.3) is 5.91 Å². The number of primary amides is 1. The Morgan fingerprint density at radius 3 is 2.67 bits per heavy atom. The average Bonchev–Trinajstić information content (AvgIpc) is 3.53. The lowest BCUT2D eigenvalue weighted by Gasteiger charge is -2.44. The van der Waals surface area contributed by atoms with Gasteiger partial charge in [0.2, 0.25) is 5.91 Å². The highest BCUT2D eigenvalue weighted by Gasteiger charge is 2.49. The topological polar surface area (TPSA) is 113 Å². The minimum Gasteiger partial charge on any atom is -0.493 e. The van der Waals surface area contributed by atoms with Crippen molar-refractivity contribution in [3.8, 4) is 5.75 Å². The van der Waals surface area contributed by atoms with Crippen LogP contribution in [0.3, 0.4) is 0 Å². The molecule has 4 N–H and O–H groups in total. The third-order valence-corrected chi connectivity index (χ3v) is 7.25. The molecule has 1 saturated carbocycles. The SMILES string of the molecule is CC(=O)N1CCC(C2(c3cc(C)ccc3OCC3CC3)N=CNc3c(C(N)=O)c[nH]c32)CC1. The van der Waals surface area contributed by atoms with Crippen LogP contribution in [0, 0.1) is 18.8 Å². The van der Waals surface area contributed by atoms with Gasteiger partial charge < -0.3 is 25.7 Å². The smallest absolute Gasteiger partial charge is 0.252 e. The van der Waals surface area contributed by atoms with Crippen molar-refractivity contribution >= 4 is 23.8 Å². The molecule has 0 bridgehead atoms. The van der Waals surface area contributed by atoms with E-state index in [1.54, 1.807) is 19.5 Å². The summed E-state index contributed by atoms with van der Waals surface area (Å²) >= 11 is 0. The molecule has 5 rings (SSSR count). The Morgan fingerprint density at radius 1 is 1.24 bits per heavy atom. The largest absolute Gasteiger partial charge is 0.493 e. The minimum atomic E-state index is -0.776. The number of anilines is 1. The molecule has 1 unspecified atom stereocenters. The van der Waals surface area contributed by atoms with E-state index in [9.17, 15) is 9.59 Å². The van der Waals surface area contributed by atoms with Crippen LogP contribution in [0.5, 0.6) is 5.75 Å². The number of likely N-dealkylation sites (tertiary alicyclic amines) is 1. The number of nitrogens with two attached hydrogens (primary N) is 1. The van der Waals surface area contributed by atoms with E-state index in [2.05, 4.69) is 29.4 Å². The molecule has 8 heteroatoms. The number of H-pyrrole nitrogens is 1. The van der Waals surface area contributed by atoms with E-state index in [0.29, 0.717) is 36.9 Å². The van der Waals surface area contributed by atoms with Gasteiger partial charge in [-0.2, -0.15) is 0 Å². The molecule has 1 aliphatic carbocycles. The Labute approximate surface area is 193 Å². The van der Waals surface area contributed by atoms with Gasteiger partial charge >= 0.3 is 0 Å². The highest BCUT2D eigenvalue weighted by Crippen LogP contribution is 2.52. The molecule has 2 fully saturated rings. The van der Waals surface area contributed by atoms with E-state index in [1.807, 2.05) is 11.0 Å². The van der Waals surface area contributed by atoms with Gasteiger partial charge in [-0.1, -0.05) is 11.6 Å². The van der Waals surface area contributed by atoms with Gasteiger partial charge in [0.15, 0.2) is 0 Å². The first kappa shape index (κ1) is 21.6. The monoisotopic (exact) mass is 449 g/mol. The van der Waals surface area contributed by atoms with E-state index < -0.39 is 11.4 Å². The Hall–Kier alpha value is -3.29. The lowest BCUT2D eigenvalue weighted by atomic mass is 9.70. The van der Waals surface area contributed by atoms with Gasteiger partial charge in [0, 0.05) is 31.8 Å². The highest BCUT2D eigenvalue weighted by molar-refractivity contribution is 6.02. The standard InChI is InChI=1S/C25H31N5O3/c1-15-3-6-21(33-13-17-4-5-17)20(11-15)25(18-7-9-30(10-8-18)16(2)31)23-22(28-14-29-25)19(12-27-23)24(26)32/h3,6,11-12,14,17-18,27H,4-5,7-10,13H2,1-2H3,(H2,26,32)(H,28,29). The first-order valence-electron chi connectivity index (χ1n) is 11.7. The first-order valence-corrected chi connectivity index (χ1v) is 11.7.